The molecule has 0 aromatic heterocycles. The molecule has 2 nitrogen and oxygen atoms in total. The highest BCUT2D eigenvalue weighted by Gasteiger charge is 2.34. The van der Waals surface area contributed by atoms with Gasteiger partial charge < -0.3 is 9.47 Å². The Morgan fingerprint density at radius 3 is 1.53 bits per heavy atom. The molecule has 0 fully saturated rings. The Hall–Kier alpha value is 0.354. The van der Waals surface area contributed by atoms with Gasteiger partial charge in [-0.3, -0.25) is 0 Å². The van der Waals surface area contributed by atoms with Crippen LogP contribution in [0.5, 0.6) is 0 Å². The third kappa shape index (κ3) is 5.70. The zero-order chi connectivity index (χ0) is 14.7. The molecule has 0 aliphatic rings. The van der Waals surface area contributed by atoms with Gasteiger partial charge in [-0.2, -0.15) is 0 Å². The van der Waals surface area contributed by atoms with Gasteiger partial charge in [-0.05, 0) is 26.0 Å². The molecule has 0 bridgehead atoms. The van der Waals surface area contributed by atoms with Gasteiger partial charge in [-0.25, -0.2) is 0 Å². The van der Waals surface area contributed by atoms with Crippen molar-refractivity contribution in [3.05, 3.63) is 0 Å². The molecule has 0 amide bonds. The van der Waals surface area contributed by atoms with E-state index in [1.807, 2.05) is 14.2 Å². The van der Waals surface area contributed by atoms with Gasteiger partial charge in [0.2, 0.25) is 0 Å². The average molecular weight is 303 g/mol. The molecule has 0 aliphatic heterocycles. The van der Waals surface area contributed by atoms with E-state index in [0.29, 0.717) is 0 Å². The minimum Gasteiger partial charge on any atom is -0.354 e. The van der Waals surface area contributed by atoms with Crippen molar-refractivity contribution in [2.75, 3.05) is 14.2 Å². The lowest BCUT2D eigenvalue weighted by Gasteiger charge is -2.35. The summed E-state index contributed by atoms with van der Waals surface area (Å²) in [5, 5.41) is 0. The van der Waals surface area contributed by atoms with Crippen LogP contribution in [0.15, 0.2) is 0 Å². The number of methoxy groups -OCH3 is 2. The average Bonchev–Trinajstić information content (AvgIpc) is 2.42. The van der Waals surface area contributed by atoms with Gasteiger partial charge in [0, 0.05) is 20.6 Å². The number of ether oxygens (including phenoxy) is 2. The minimum atomic E-state index is -0.564. The normalized spacial score (nSPS) is 11.7. The smallest absolute Gasteiger partial charge is 0.161 e. The summed E-state index contributed by atoms with van der Waals surface area (Å²) in [5.41, 5.74) is -0.228. The molecule has 19 heavy (non-hydrogen) atoms. The predicted molar refractivity (Wildman–Crippen MR) is 88.5 cm³/mol. The Bertz CT molecular complexity index is 253. The fourth-order valence-corrected chi connectivity index (χ4v) is 15.5. The van der Waals surface area contributed by atoms with Crippen molar-refractivity contribution in [3.8, 4) is 0 Å². The first-order valence-electron chi connectivity index (χ1n) is 7.97. The Kier molecular flexibility index (Phi) is 11.3. The molecule has 0 N–H and O–H groups in total. The molecule has 114 valence electrons. The molecule has 0 spiro atoms. The Balaban J connectivity index is 5.57. The summed E-state index contributed by atoms with van der Waals surface area (Å²) < 4.78 is 11.9. The fourth-order valence-electron chi connectivity index (χ4n) is 2.93. The van der Waals surface area contributed by atoms with Crippen LogP contribution in [0.25, 0.3) is 0 Å². The van der Waals surface area contributed by atoms with Crippen molar-refractivity contribution in [3.63, 3.8) is 0 Å². The molecule has 0 aliphatic carbocycles. The number of hydrogen-bond acceptors (Lipinski definition) is 2. The van der Waals surface area contributed by atoms with Gasteiger partial charge >= 0.3 is 0 Å². The third-order valence-corrected chi connectivity index (χ3v) is 15.3. The van der Waals surface area contributed by atoms with Gasteiger partial charge in [0.15, 0.2) is 5.41 Å². The van der Waals surface area contributed by atoms with Gasteiger partial charge in [0.1, 0.15) is 0 Å². The molecule has 0 unspecified atom stereocenters. The fraction of sp³-hybridized carbons (Fsp3) is 1.00. The summed E-state index contributed by atoms with van der Waals surface area (Å²) >= 11 is 0. The van der Waals surface area contributed by atoms with Crippen molar-refractivity contribution in [1.29, 1.82) is 0 Å². The van der Waals surface area contributed by atoms with Crippen LogP contribution in [0.4, 0.5) is 0 Å². The van der Waals surface area contributed by atoms with Crippen LogP contribution in [0, 0.1) is 0 Å². The summed E-state index contributed by atoms with van der Waals surface area (Å²) in [4.78, 5) is 0. The predicted octanol–water partition coefficient (Wildman–Crippen LogP) is 4.61. The molecular formula is C15H34O2Si2. The standard InChI is InChI=1S/C15H34O2Si2/c1-7-11-15(16-5,17-6)19(14-10-4)18(12-8-2)13-9-3/h7-14H2,1-6H3. The first kappa shape index (κ1) is 19.4. The maximum atomic E-state index is 5.96. The SMILES string of the molecule is CCC[Si](CCC)=[Si](CCC)C(CCC)(OC)OC. The molecule has 4 heteroatoms. The van der Waals surface area contributed by atoms with Crippen LogP contribution < -0.4 is 0 Å². The summed E-state index contributed by atoms with van der Waals surface area (Å²) in [7, 11) is 2.85. The van der Waals surface area contributed by atoms with E-state index >= 15 is 0 Å². The van der Waals surface area contributed by atoms with E-state index < -0.39 is 7.89 Å². The van der Waals surface area contributed by atoms with Crippen molar-refractivity contribution >= 4 is 15.8 Å². The van der Waals surface area contributed by atoms with Gasteiger partial charge in [0.05, 0.1) is 7.89 Å². The lowest BCUT2D eigenvalue weighted by Crippen LogP contribution is -2.48. The minimum absolute atomic E-state index is 0.228. The van der Waals surface area contributed by atoms with Gasteiger partial charge in [-0.1, -0.05) is 53.4 Å². The highest BCUT2D eigenvalue weighted by atomic mass is 28.9. The summed E-state index contributed by atoms with van der Waals surface area (Å²) in [5.74, 6) is 0. The second kappa shape index (κ2) is 11.1. The Labute approximate surface area is 123 Å². The van der Waals surface area contributed by atoms with Crippen molar-refractivity contribution < 1.29 is 9.47 Å². The van der Waals surface area contributed by atoms with Crippen LogP contribution >= 0.6 is 0 Å². The zero-order valence-corrected chi connectivity index (χ0v) is 16.0. The molecule has 0 atom stereocenters. The first-order chi connectivity index (χ1) is 9.15. The van der Waals surface area contributed by atoms with Crippen LogP contribution in [0.1, 0.15) is 59.8 Å². The molecular weight excluding hydrogens is 268 g/mol. The molecule has 0 radical (unpaired) electrons. The quantitative estimate of drug-likeness (QED) is 0.410. The zero-order valence-electron chi connectivity index (χ0n) is 14.0. The molecule has 0 saturated carbocycles. The van der Waals surface area contributed by atoms with Crippen molar-refractivity contribution in [2.24, 2.45) is 0 Å². The van der Waals surface area contributed by atoms with Crippen LogP contribution in [-0.4, -0.2) is 35.4 Å². The topological polar surface area (TPSA) is 18.5 Å². The summed E-state index contributed by atoms with van der Waals surface area (Å²) in [6.07, 6.45) is 6.13. The Morgan fingerprint density at radius 1 is 0.737 bits per heavy atom. The third-order valence-electron chi connectivity index (χ3n) is 3.73. The monoisotopic (exact) mass is 302 g/mol. The molecule has 0 saturated heterocycles. The maximum Gasteiger partial charge on any atom is 0.161 e. The largest absolute Gasteiger partial charge is 0.354 e. The van der Waals surface area contributed by atoms with Crippen LogP contribution in [0.3, 0.4) is 0 Å². The van der Waals surface area contributed by atoms with E-state index in [0.717, 1.165) is 12.8 Å². The highest BCUT2D eigenvalue weighted by molar-refractivity contribution is 6.97. The summed E-state index contributed by atoms with van der Waals surface area (Å²) in [6, 6.07) is 4.22. The van der Waals surface area contributed by atoms with Gasteiger partial charge in [-0.15, -0.1) is 0 Å². The number of hydrogen-bond donors (Lipinski definition) is 0. The first-order valence-corrected chi connectivity index (χ1v) is 12.6. The molecule has 0 aromatic carbocycles. The van der Waals surface area contributed by atoms with Crippen LogP contribution in [0.2, 0.25) is 18.1 Å². The maximum absolute atomic E-state index is 5.96. The van der Waals surface area contributed by atoms with E-state index in [9.17, 15) is 0 Å². The molecule has 0 aromatic rings. The second-order valence-electron chi connectivity index (χ2n) is 5.24. The van der Waals surface area contributed by atoms with E-state index in [-0.39, 0.29) is 13.3 Å². The molecule has 0 rings (SSSR count). The van der Waals surface area contributed by atoms with Gasteiger partial charge in [0.25, 0.3) is 0 Å². The van der Waals surface area contributed by atoms with E-state index in [4.69, 9.17) is 9.47 Å². The second-order valence-corrected chi connectivity index (χ2v) is 13.6. The Morgan fingerprint density at radius 2 is 1.21 bits per heavy atom. The van der Waals surface area contributed by atoms with E-state index in [1.54, 1.807) is 0 Å². The highest BCUT2D eigenvalue weighted by Crippen LogP contribution is 2.24. The number of rotatable bonds is 11. The van der Waals surface area contributed by atoms with Crippen molar-refractivity contribution in [2.45, 2.75) is 83.3 Å². The van der Waals surface area contributed by atoms with Crippen LogP contribution in [-0.2, 0) is 9.47 Å². The molecule has 0 heterocycles. The van der Waals surface area contributed by atoms with E-state index in [1.165, 1.54) is 37.4 Å². The lowest BCUT2D eigenvalue weighted by molar-refractivity contribution is -0.149. The lowest BCUT2D eigenvalue weighted by atomic mass is 10.3. The summed E-state index contributed by atoms with van der Waals surface area (Å²) in [6.45, 7) is 9.20. The van der Waals surface area contributed by atoms with Crippen molar-refractivity contribution in [1.82, 2.24) is 0 Å². The van der Waals surface area contributed by atoms with E-state index in [2.05, 4.69) is 27.7 Å².